The summed E-state index contributed by atoms with van der Waals surface area (Å²) >= 11 is 0. The molecule has 0 N–H and O–H groups in total. The molecule has 0 saturated heterocycles. The number of rotatable bonds is 4. The number of hydrogen-bond acceptors (Lipinski definition) is 3. The van der Waals surface area contributed by atoms with Crippen molar-refractivity contribution in [2.45, 2.75) is 13.5 Å². The van der Waals surface area contributed by atoms with E-state index in [1.54, 1.807) is 0 Å². The van der Waals surface area contributed by atoms with Gasteiger partial charge in [0, 0.05) is 18.7 Å². The van der Waals surface area contributed by atoms with E-state index in [1.165, 1.54) is 0 Å². The predicted molar refractivity (Wildman–Crippen MR) is 104 cm³/mol. The summed E-state index contributed by atoms with van der Waals surface area (Å²) in [4.78, 5) is 24.1. The smallest absolute Gasteiger partial charge is 0.254 e. The third-order valence-corrected chi connectivity index (χ3v) is 4.47. The molecule has 26 heavy (non-hydrogen) atoms. The zero-order valence-electron chi connectivity index (χ0n) is 14.6. The number of aromatic nitrogens is 2. The maximum atomic E-state index is 13.0. The van der Waals surface area contributed by atoms with Gasteiger partial charge in [-0.3, -0.25) is 4.79 Å². The monoisotopic (exact) mass is 341 g/mol. The Morgan fingerprint density at radius 2 is 1.42 bits per heavy atom. The van der Waals surface area contributed by atoms with Crippen molar-refractivity contribution >= 4 is 28.0 Å². The van der Waals surface area contributed by atoms with Crippen molar-refractivity contribution in [3.05, 3.63) is 83.9 Å². The summed E-state index contributed by atoms with van der Waals surface area (Å²) in [6, 6.07) is 23.3. The quantitative estimate of drug-likeness (QED) is 0.515. The van der Waals surface area contributed by atoms with Crippen LogP contribution in [0.15, 0.2) is 72.8 Å². The molecule has 4 rings (SSSR count). The molecule has 0 radical (unpaired) electrons. The minimum atomic E-state index is 0.00760. The first kappa shape index (κ1) is 16.2. The van der Waals surface area contributed by atoms with Gasteiger partial charge in [0.1, 0.15) is 0 Å². The Labute approximate surface area is 152 Å². The topological polar surface area (TPSA) is 46.1 Å². The minimum absolute atomic E-state index is 0.00760. The lowest BCUT2D eigenvalue weighted by molar-refractivity contribution is 0.0752. The molecule has 0 saturated carbocycles. The van der Waals surface area contributed by atoms with Gasteiger partial charge < -0.3 is 4.90 Å². The molecular weight excluding hydrogens is 322 g/mol. The van der Waals surface area contributed by atoms with Crippen LogP contribution in [0.5, 0.6) is 0 Å². The first-order valence-corrected chi connectivity index (χ1v) is 8.74. The largest absolute Gasteiger partial charge is 0.335 e. The summed E-state index contributed by atoms with van der Waals surface area (Å²) in [6.07, 6.45) is 0. The van der Waals surface area contributed by atoms with E-state index in [-0.39, 0.29) is 5.91 Å². The van der Waals surface area contributed by atoms with Gasteiger partial charge in [-0.2, -0.15) is 0 Å². The van der Waals surface area contributed by atoms with Crippen LogP contribution in [-0.2, 0) is 6.54 Å². The Kier molecular flexibility index (Phi) is 4.32. The van der Waals surface area contributed by atoms with Crippen molar-refractivity contribution in [3.63, 3.8) is 0 Å². The molecule has 0 atom stereocenters. The number of benzene rings is 3. The molecule has 4 nitrogen and oxygen atoms in total. The van der Waals surface area contributed by atoms with Crippen LogP contribution in [0, 0.1) is 0 Å². The number of amides is 1. The molecule has 0 unspecified atom stereocenters. The van der Waals surface area contributed by atoms with Crippen molar-refractivity contribution in [1.82, 2.24) is 14.9 Å². The van der Waals surface area contributed by atoms with Gasteiger partial charge in [0.05, 0.1) is 22.1 Å². The van der Waals surface area contributed by atoms with E-state index in [1.807, 2.05) is 84.6 Å². The van der Waals surface area contributed by atoms with Crippen molar-refractivity contribution in [2.24, 2.45) is 0 Å². The van der Waals surface area contributed by atoms with Gasteiger partial charge in [-0.05, 0) is 42.8 Å². The Balaban J connectivity index is 1.68. The van der Waals surface area contributed by atoms with Gasteiger partial charge in [0.15, 0.2) is 0 Å². The zero-order chi connectivity index (χ0) is 17.9. The first-order chi connectivity index (χ1) is 12.7. The fourth-order valence-corrected chi connectivity index (χ4v) is 3.07. The van der Waals surface area contributed by atoms with Gasteiger partial charge >= 0.3 is 0 Å². The molecule has 1 amide bonds. The summed E-state index contributed by atoms with van der Waals surface area (Å²) in [5.41, 5.74) is 4.99. The van der Waals surface area contributed by atoms with Crippen LogP contribution >= 0.6 is 0 Å². The van der Waals surface area contributed by atoms with E-state index in [0.29, 0.717) is 18.7 Å². The molecule has 3 aromatic carbocycles. The van der Waals surface area contributed by atoms with E-state index in [4.69, 9.17) is 0 Å². The van der Waals surface area contributed by atoms with Crippen LogP contribution in [0.2, 0.25) is 0 Å². The maximum Gasteiger partial charge on any atom is 0.254 e. The van der Waals surface area contributed by atoms with Crippen LogP contribution in [0.4, 0.5) is 0 Å². The number of para-hydroxylation sites is 2. The molecule has 0 aliphatic heterocycles. The molecular formula is C22H19N3O. The average Bonchev–Trinajstić information content (AvgIpc) is 2.70. The SMILES string of the molecule is CCN(Cc1ccccc1)C(=O)c1ccc2nc3ccccc3nc2c1. The van der Waals surface area contributed by atoms with Gasteiger partial charge in [0.25, 0.3) is 5.91 Å². The number of carbonyl (C=O) groups is 1. The minimum Gasteiger partial charge on any atom is -0.335 e. The Hall–Kier alpha value is -3.27. The Morgan fingerprint density at radius 1 is 0.808 bits per heavy atom. The molecule has 0 spiro atoms. The van der Waals surface area contributed by atoms with Gasteiger partial charge in [-0.1, -0.05) is 42.5 Å². The molecule has 1 aromatic heterocycles. The molecule has 128 valence electrons. The van der Waals surface area contributed by atoms with E-state index < -0.39 is 0 Å². The highest BCUT2D eigenvalue weighted by molar-refractivity contribution is 5.98. The molecule has 1 heterocycles. The number of carbonyl (C=O) groups excluding carboxylic acids is 1. The van der Waals surface area contributed by atoms with Crippen molar-refractivity contribution in [3.8, 4) is 0 Å². The molecule has 4 heteroatoms. The normalized spacial score (nSPS) is 11.0. The van der Waals surface area contributed by atoms with Crippen molar-refractivity contribution in [2.75, 3.05) is 6.54 Å². The molecule has 0 bridgehead atoms. The first-order valence-electron chi connectivity index (χ1n) is 8.74. The second-order valence-electron chi connectivity index (χ2n) is 6.22. The van der Waals surface area contributed by atoms with Crippen LogP contribution < -0.4 is 0 Å². The second kappa shape index (κ2) is 6.92. The van der Waals surface area contributed by atoms with E-state index >= 15 is 0 Å². The molecule has 4 aromatic rings. The molecule has 0 fully saturated rings. The van der Waals surface area contributed by atoms with Gasteiger partial charge in [0.2, 0.25) is 0 Å². The van der Waals surface area contributed by atoms with Crippen molar-refractivity contribution < 1.29 is 4.79 Å². The fourth-order valence-electron chi connectivity index (χ4n) is 3.07. The summed E-state index contributed by atoms with van der Waals surface area (Å²) in [5, 5.41) is 0. The second-order valence-corrected chi connectivity index (χ2v) is 6.22. The lowest BCUT2D eigenvalue weighted by atomic mass is 10.1. The third kappa shape index (κ3) is 3.14. The number of fused-ring (bicyclic) bond motifs is 2. The van der Waals surface area contributed by atoms with Crippen LogP contribution in [0.25, 0.3) is 22.1 Å². The fraction of sp³-hybridized carbons (Fsp3) is 0.136. The Bertz CT molecular complexity index is 1080. The number of nitrogens with zero attached hydrogens (tertiary/aromatic N) is 3. The molecule has 0 aliphatic rings. The van der Waals surface area contributed by atoms with E-state index in [2.05, 4.69) is 9.97 Å². The highest BCUT2D eigenvalue weighted by atomic mass is 16.2. The molecule has 0 aliphatic carbocycles. The van der Waals surface area contributed by atoms with E-state index in [0.717, 1.165) is 27.6 Å². The standard InChI is InChI=1S/C22H19N3O/c1-2-25(15-16-8-4-3-5-9-16)22(26)17-12-13-20-21(14-17)24-19-11-7-6-10-18(19)23-20/h3-14H,2,15H2,1H3. The van der Waals surface area contributed by atoms with Crippen LogP contribution in [0.3, 0.4) is 0 Å². The highest BCUT2D eigenvalue weighted by Gasteiger charge is 2.15. The highest BCUT2D eigenvalue weighted by Crippen LogP contribution is 2.19. The maximum absolute atomic E-state index is 13.0. The van der Waals surface area contributed by atoms with Crippen LogP contribution in [-0.4, -0.2) is 27.3 Å². The average molecular weight is 341 g/mol. The number of hydrogen-bond donors (Lipinski definition) is 0. The van der Waals surface area contributed by atoms with Crippen LogP contribution in [0.1, 0.15) is 22.8 Å². The lowest BCUT2D eigenvalue weighted by Crippen LogP contribution is -2.30. The predicted octanol–water partition coefficient (Wildman–Crippen LogP) is 4.45. The summed E-state index contributed by atoms with van der Waals surface area (Å²) in [5.74, 6) is 0.00760. The summed E-state index contributed by atoms with van der Waals surface area (Å²) in [6.45, 7) is 3.24. The lowest BCUT2D eigenvalue weighted by Gasteiger charge is -2.21. The third-order valence-electron chi connectivity index (χ3n) is 4.47. The van der Waals surface area contributed by atoms with Gasteiger partial charge in [-0.15, -0.1) is 0 Å². The van der Waals surface area contributed by atoms with Crippen molar-refractivity contribution in [1.29, 1.82) is 0 Å². The van der Waals surface area contributed by atoms with E-state index in [9.17, 15) is 4.79 Å². The summed E-state index contributed by atoms with van der Waals surface area (Å²) in [7, 11) is 0. The summed E-state index contributed by atoms with van der Waals surface area (Å²) < 4.78 is 0. The van der Waals surface area contributed by atoms with Gasteiger partial charge in [-0.25, -0.2) is 9.97 Å². The Morgan fingerprint density at radius 3 is 2.12 bits per heavy atom. The zero-order valence-corrected chi connectivity index (χ0v) is 14.6.